The lowest BCUT2D eigenvalue weighted by atomic mass is 10.1. The second kappa shape index (κ2) is 21.1. The first-order valence-corrected chi connectivity index (χ1v) is 21.7. The van der Waals surface area contributed by atoms with Crippen molar-refractivity contribution in [1.29, 1.82) is 0 Å². The van der Waals surface area contributed by atoms with Crippen molar-refractivity contribution in [3.8, 4) is 11.5 Å². The maximum Gasteiger partial charge on any atom is 0.276 e. The smallest absolute Gasteiger partial charge is 0.276 e. The van der Waals surface area contributed by atoms with Crippen molar-refractivity contribution in [3.05, 3.63) is 65.0 Å². The number of likely N-dealkylation sites (tertiary alicyclic amines) is 1. The molecule has 22 nitrogen and oxygen atoms in total. The van der Waals surface area contributed by atoms with Crippen molar-refractivity contribution in [2.45, 2.75) is 64.9 Å². The molecule has 1 saturated heterocycles. The Morgan fingerprint density at radius 2 is 1.52 bits per heavy atom. The summed E-state index contributed by atoms with van der Waals surface area (Å²) in [6, 6.07) is 7.63. The number of aryl methyl sites for hydroxylation is 2. The highest BCUT2D eigenvalue weighted by atomic mass is 32.1. The number of carbonyl (C=O) groups excluding carboxylic acids is 7. The molecular formula is C43H53N13O9S. The number of carbonyl (C=O) groups is 7. The monoisotopic (exact) mass is 927 g/mol. The summed E-state index contributed by atoms with van der Waals surface area (Å²) in [4.78, 5) is 101. The minimum atomic E-state index is -0.743. The van der Waals surface area contributed by atoms with E-state index in [1.165, 1.54) is 36.3 Å². The second-order valence-electron chi connectivity index (χ2n) is 15.3. The lowest BCUT2D eigenvalue weighted by Crippen LogP contribution is -2.36. The largest absolute Gasteiger partial charge is 0.494 e. The van der Waals surface area contributed by atoms with Gasteiger partial charge in [0.2, 0.25) is 47.3 Å². The predicted molar refractivity (Wildman–Crippen MR) is 246 cm³/mol. The number of benzene rings is 2. The van der Waals surface area contributed by atoms with Crippen LogP contribution in [0.25, 0.3) is 22.1 Å². The maximum absolute atomic E-state index is 13.8. The van der Waals surface area contributed by atoms with E-state index in [1.807, 2.05) is 13.8 Å². The minimum Gasteiger partial charge on any atom is -0.494 e. The van der Waals surface area contributed by atoms with Crippen LogP contribution in [0.4, 0.5) is 11.9 Å². The molecule has 5 aromatic rings. The fourth-order valence-corrected chi connectivity index (χ4v) is 7.66. The topological polar surface area (TPSA) is 286 Å². The Kier molecular flexibility index (Phi) is 15.4. The Balaban J connectivity index is 1.30. The van der Waals surface area contributed by atoms with Crippen LogP contribution in [0.1, 0.15) is 70.0 Å². The van der Waals surface area contributed by atoms with E-state index in [0.29, 0.717) is 53.2 Å². The average Bonchev–Trinajstić information content (AvgIpc) is 4.01. The van der Waals surface area contributed by atoms with E-state index in [1.54, 1.807) is 46.0 Å². The maximum atomic E-state index is 13.8. The number of imidazole rings is 2. The summed E-state index contributed by atoms with van der Waals surface area (Å²) in [5.41, 5.74) is 14.1. The highest BCUT2D eigenvalue weighted by Gasteiger charge is 2.36. The van der Waals surface area contributed by atoms with Crippen LogP contribution >= 0.6 is 12.6 Å². The number of thiol groups is 1. The number of nitrogens with one attached hydrogen (secondary N) is 3. The van der Waals surface area contributed by atoms with Gasteiger partial charge in [0.15, 0.2) is 0 Å². The van der Waals surface area contributed by atoms with E-state index in [0.717, 1.165) is 4.90 Å². The average molecular weight is 928 g/mol. The van der Waals surface area contributed by atoms with Crippen LogP contribution in [-0.2, 0) is 38.8 Å². The van der Waals surface area contributed by atoms with Crippen LogP contribution in [0.2, 0.25) is 0 Å². The highest BCUT2D eigenvalue weighted by Crippen LogP contribution is 2.33. The molecule has 1 fully saturated rings. The van der Waals surface area contributed by atoms with Gasteiger partial charge in [-0.25, -0.2) is 9.97 Å². The van der Waals surface area contributed by atoms with Gasteiger partial charge in [-0.1, -0.05) is 19.1 Å². The van der Waals surface area contributed by atoms with Crippen molar-refractivity contribution in [1.82, 2.24) is 44.0 Å². The van der Waals surface area contributed by atoms with E-state index in [4.69, 9.17) is 25.9 Å². The summed E-state index contributed by atoms with van der Waals surface area (Å²) in [6.07, 6.45) is 3.89. The number of hydrogen-bond donors (Lipinski definition) is 6. The molecule has 66 heavy (non-hydrogen) atoms. The van der Waals surface area contributed by atoms with Crippen molar-refractivity contribution >= 4 is 87.9 Å². The number of nitrogens with two attached hydrogens (primary N) is 2. The van der Waals surface area contributed by atoms with Crippen LogP contribution in [-0.4, -0.2) is 132 Å². The number of allylic oxidation sites excluding steroid dienone is 2. The van der Waals surface area contributed by atoms with Crippen LogP contribution in [0.3, 0.4) is 0 Å². The zero-order valence-corrected chi connectivity index (χ0v) is 38.1. The number of aromatic nitrogens is 6. The molecule has 1 aliphatic heterocycles. The van der Waals surface area contributed by atoms with Gasteiger partial charge < -0.3 is 40.3 Å². The van der Waals surface area contributed by atoms with Gasteiger partial charge >= 0.3 is 0 Å². The fraction of sp³-hybridized carbons (Fsp3) is 0.395. The first-order valence-electron chi connectivity index (χ1n) is 21.2. The van der Waals surface area contributed by atoms with E-state index >= 15 is 0 Å². The molecule has 0 radical (unpaired) electrons. The number of nitrogens with zero attached hydrogens (tertiary/aromatic N) is 8. The molecule has 0 aliphatic carbocycles. The van der Waals surface area contributed by atoms with E-state index in [-0.39, 0.29) is 104 Å². The van der Waals surface area contributed by atoms with Gasteiger partial charge in [0, 0.05) is 63.7 Å². The molecule has 3 aromatic heterocycles. The molecule has 0 saturated carbocycles. The number of rotatable bonds is 22. The first-order chi connectivity index (χ1) is 31.5. The molecule has 6 rings (SSSR count). The first kappa shape index (κ1) is 48.2. The number of amides is 7. The molecule has 7 amide bonds. The molecular weight excluding hydrogens is 875 g/mol. The SMILES string of the molecule is CCNCC(=O)Nc1nc2cc(C(N)=O)cc(OC)c2n1C/C=C/Cn1c(NC(=O)c2cc(C)nn2CC)nc2cc(C(N)=O)cc(OCCCN(C)C(=O)CCN3C(=O)CC(S)C3=O)c21. The van der Waals surface area contributed by atoms with E-state index < -0.39 is 28.9 Å². The van der Waals surface area contributed by atoms with Crippen molar-refractivity contribution in [3.63, 3.8) is 0 Å². The van der Waals surface area contributed by atoms with Gasteiger partial charge in [-0.05, 0) is 57.1 Å². The van der Waals surface area contributed by atoms with Crippen LogP contribution in [0.15, 0.2) is 42.5 Å². The lowest BCUT2D eigenvalue weighted by Gasteiger charge is -2.20. The van der Waals surface area contributed by atoms with Crippen molar-refractivity contribution in [2.24, 2.45) is 11.5 Å². The number of primary amides is 2. The van der Waals surface area contributed by atoms with Gasteiger partial charge in [-0.15, -0.1) is 0 Å². The normalized spacial score (nSPS) is 13.8. The molecule has 4 heterocycles. The van der Waals surface area contributed by atoms with Gasteiger partial charge in [-0.3, -0.25) is 53.8 Å². The quantitative estimate of drug-likeness (QED) is 0.0251. The second-order valence-corrected chi connectivity index (χ2v) is 15.9. The van der Waals surface area contributed by atoms with Crippen molar-refractivity contribution < 1.29 is 43.0 Å². The molecule has 7 N–H and O–H groups in total. The van der Waals surface area contributed by atoms with Gasteiger partial charge in [0.1, 0.15) is 28.2 Å². The third kappa shape index (κ3) is 10.8. The third-order valence-corrected chi connectivity index (χ3v) is 11.1. The summed E-state index contributed by atoms with van der Waals surface area (Å²) < 4.78 is 16.9. The van der Waals surface area contributed by atoms with Gasteiger partial charge in [0.05, 0.1) is 42.2 Å². The summed E-state index contributed by atoms with van der Waals surface area (Å²) in [7, 11) is 3.04. The number of anilines is 2. The lowest BCUT2D eigenvalue weighted by molar-refractivity contribution is -0.139. The minimum absolute atomic E-state index is 0.0000441. The van der Waals surface area contributed by atoms with E-state index in [9.17, 15) is 33.6 Å². The number of ether oxygens (including phenoxy) is 2. The summed E-state index contributed by atoms with van der Waals surface area (Å²) in [6.45, 7) is 7.06. The Morgan fingerprint density at radius 3 is 2.08 bits per heavy atom. The highest BCUT2D eigenvalue weighted by molar-refractivity contribution is 7.81. The zero-order chi connectivity index (χ0) is 47.8. The molecule has 1 unspecified atom stereocenters. The molecule has 1 atom stereocenters. The third-order valence-electron chi connectivity index (χ3n) is 10.7. The molecule has 0 spiro atoms. The molecule has 23 heteroatoms. The predicted octanol–water partition coefficient (Wildman–Crippen LogP) is 1.85. The van der Waals surface area contributed by atoms with Gasteiger partial charge in [-0.2, -0.15) is 17.7 Å². The molecule has 2 aromatic carbocycles. The zero-order valence-electron chi connectivity index (χ0n) is 37.3. The number of hydrogen-bond acceptors (Lipinski definition) is 14. The fourth-order valence-electron chi connectivity index (χ4n) is 7.37. The number of likely N-dealkylation sites (N-methyl/N-ethyl adjacent to an activating group) is 1. The molecule has 350 valence electrons. The van der Waals surface area contributed by atoms with Crippen molar-refractivity contribution in [2.75, 3.05) is 57.6 Å². The summed E-state index contributed by atoms with van der Waals surface area (Å²) in [5, 5.41) is 12.4. The Morgan fingerprint density at radius 1 is 0.909 bits per heavy atom. The molecule has 1 aliphatic rings. The van der Waals surface area contributed by atoms with Crippen LogP contribution < -0.4 is 36.9 Å². The number of imide groups is 1. The standard InChI is InChI=1S/C43H53N13O9S/c1-6-46-23-33(57)49-42-47-27-18-25(38(44)60)20-30(64-5)36(27)54(42)13-8-9-14-55-37-28(48-43(55)50-40(62)29-17-24(3)51-56(29)7-2)19-26(39(45)61)21-31(37)65-16-10-12-52(4)34(58)11-15-53-35(59)22-32(66)41(53)63/h8-9,17-21,32,46,66H,6-7,10-16,22-23H2,1-5H3,(H2,44,60)(H2,45,61)(H,47,49,57)(H,48,50,62)/b9-8+. The van der Waals surface area contributed by atoms with Gasteiger partial charge in [0.25, 0.3) is 5.91 Å². The Labute approximate surface area is 384 Å². The summed E-state index contributed by atoms with van der Waals surface area (Å²) >= 11 is 4.13. The van der Waals surface area contributed by atoms with Crippen LogP contribution in [0, 0.1) is 6.92 Å². The number of fused-ring (bicyclic) bond motifs is 2. The Hall–Kier alpha value is -7.27. The van der Waals surface area contributed by atoms with E-state index in [2.05, 4.69) is 38.7 Å². The van der Waals surface area contributed by atoms with Crippen LogP contribution in [0.5, 0.6) is 11.5 Å². The summed E-state index contributed by atoms with van der Waals surface area (Å²) in [5.74, 6) is -2.50. The molecule has 0 bridgehead atoms. The Bertz CT molecular complexity index is 2740. The number of methoxy groups -OCH3 is 1.